The molecule has 16 heavy (non-hydrogen) atoms. The van der Waals surface area contributed by atoms with E-state index in [0.29, 0.717) is 0 Å². The molecule has 0 N–H and O–H groups in total. The van der Waals surface area contributed by atoms with Crippen molar-refractivity contribution in [3.05, 3.63) is 47.8 Å². The van der Waals surface area contributed by atoms with Crippen molar-refractivity contribution in [1.29, 1.82) is 0 Å². The SMILES string of the molecule is C=Cc1ccc2nc(C)c(C)nc2c1C=C. The Kier molecular flexibility index (Phi) is 2.57. The number of rotatable bonds is 2. The molecule has 0 unspecified atom stereocenters. The van der Waals surface area contributed by atoms with Crippen LogP contribution < -0.4 is 0 Å². The summed E-state index contributed by atoms with van der Waals surface area (Å²) in [4.78, 5) is 9.09. The van der Waals surface area contributed by atoms with Gasteiger partial charge in [0.1, 0.15) is 0 Å². The van der Waals surface area contributed by atoms with Gasteiger partial charge >= 0.3 is 0 Å². The fourth-order valence-corrected chi connectivity index (χ4v) is 1.72. The van der Waals surface area contributed by atoms with Gasteiger partial charge in [0.2, 0.25) is 0 Å². The van der Waals surface area contributed by atoms with Gasteiger partial charge in [0, 0.05) is 5.56 Å². The van der Waals surface area contributed by atoms with E-state index in [4.69, 9.17) is 0 Å². The smallest absolute Gasteiger partial charge is 0.0968 e. The lowest BCUT2D eigenvalue weighted by Crippen LogP contribution is -1.96. The molecule has 0 aliphatic heterocycles. The van der Waals surface area contributed by atoms with Gasteiger partial charge in [-0.3, -0.25) is 0 Å². The zero-order valence-corrected chi connectivity index (χ0v) is 9.62. The van der Waals surface area contributed by atoms with Gasteiger partial charge < -0.3 is 0 Å². The van der Waals surface area contributed by atoms with Crippen LogP contribution in [0.25, 0.3) is 23.2 Å². The molecule has 2 nitrogen and oxygen atoms in total. The fourth-order valence-electron chi connectivity index (χ4n) is 1.72. The number of fused-ring (bicyclic) bond motifs is 1. The maximum absolute atomic E-state index is 4.57. The molecule has 2 heteroatoms. The predicted molar refractivity (Wildman–Crippen MR) is 69.2 cm³/mol. The van der Waals surface area contributed by atoms with Crippen LogP contribution in [0.3, 0.4) is 0 Å². The van der Waals surface area contributed by atoms with Crippen molar-refractivity contribution in [3.8, 4) is 0 Å². The average Bonchev–Trinajstić information content (AvgIpc) is 2.29. The van der Waals surface area contributed by atoms with Gasteiger partial charge in [-0.15, -0.1) is 0 Å². The molecule has 0 amide bonds. The third-order valence-electron chi connectivity index (χ3n) is 2.74. The molecule has 2 rings (SSSR count). The summed E-state index contributed by atoms with van der Waals surface area (Å²) in [6.07, 6.45) is 3.62. The van der Waals surface area contributed by atoms with Crippen LogP contribution in [0.2, 0.25) is 0 Å². The number of benzene rings is 1. The Balaban J connectivity index is 2.91. The molecular formula is C14H14N2. The molecule has 1 aromatic carbocycles. The third-order valence-corrected chi connectivity index (χ3v) is 2.74. The molecule has 0 bridgehead atoms. The summed E-state index contributed by atoms with van der Waals surface area (Å²) in [6.45, 7) is 11.6. The number of hydrogen-bond acceptors (Lipinski definition) is 2. The van der Waals surface area contributed by atoms with E-state index in [-0.39, 0.29) is 0 Å². The van der Waals surface area contributed by atoms with E-state index in [1.165, 1.54) is 0 Å². The summed E-state index contributed by atoms with van der Waals surface area (Å²) in [5.74, 6) is 0. The lowest BCUT2D eigenvalue weighted by Gasteiger charge is -2.07. The molecule has 0 spiro atoms. The molecule has 0 fully saturated rings. The molecule has 80 valence electrons. The summed E-state index contributed by atoms with van der Waals surface area (Å²) in [7, 11) is 0. The Hall–Kier alpha value is -1.96. The molecule has 0 atom stereocenters. The van der Waals surface area contributed by atoms with Crippen LogP contribution in [0.5, 0.6) is 0 Å². The normalized spacial score (nSPS) is 10.4. The van der Waals surface area contributed by atoms with Gasteiger partial charge in [0.25, 0.3) is 0 Å². The monoisotopic (exact) mass is 210 g/mol. The Morgan fingerprint density at radius 1 is 1.00 bits per heavy atom. The van der Waals surface area contributed by atoms with E-state index < -0.39 is 0 Å². The van der Waals surface area contributed by atoms with E-state index in [2.05, 4.69) is 23.1 Å². The third kappa shape index (κ3) is 1.52. The maximum atomic E-state index is 4.57. The molecular weight excluding hydrogens is 196 g/mol. The molecule has 0 radical (unpaired) electrons. The van der Waals surface area contributed by atoms with Crippen LogP contribution in [-0.2, 0) is 0 Å². The lowest BCUT2D eigenvalue weighted by molar-refractivity contribution is 1.10. The molecule has 0 saturated carbocycles. The zero-order valence-electron chi connectivity index (χ0n) is 9.62. The molecule has 0 saturated heterocycles. The van der Waals surface area contributed by atoms with Crippen molar-refractivity contribution < 1.29 is 0 Å². The van der Waals surface area contributed by atoms with Crippen LogP contribution in [-0.4, -0.2) is 9.97 Å². The average molecular weight is 210 g/mol. The summed E-state index contributed by atoms with van der Waals surface area (Å²) in [6, 6.07) is 3.97. The second-order valence-electron chi connectivity index (χ2n) is 3.74. The Labute approximate surface area is 95.4 Å². The van der Waals surface area contributed by atoms with Crippen molar-refractivity contribution in [2.45, 2.75) is 13.8 Å². The van der Waals surface area contributed by atoms with Crippen molar-refractivity contribution in [2.24, 2.45) is 0 Å². The van der Waals surface area contributed by atoms with E-state index in [1.54, 1.807) is 0 Å². The molecule has 1 aromatic heterocycles. The van der Waals surface area contributed by atoms with Gasteiger partial charge in [-0.05, 0) is 25.5 Å². The molecule has 0 aliphatic carbocycles. The van der Waals surface area contributed by atoms with Crippen LogP contribution in [0.1, 0.15) is 22.5 Å². The Morgan fingerprint density at radius 2 is 1.69 bits per heavy atom. The first-order valence-corrected chi connectivity index (χ1v) is 5.20. The van der Waals surface area contributed by atoms with Gasteiger partial charge in [0.05, 0.1) is 22.4 Å². The van der Waals surface area contributed by atoms with Gasteiger partial charge in [0.15, 0.2) is 0 Å². The molecule has 0 aliphatic rings. The van der Waals surface area contributed by atoms with Crippen LogP contribution in [0.15, 0.2) is 25.3 Å². The largest absolute Gasteiger partial charge is 0.250 e. The lowest BCUT2D eigenvalue weighted by atomic mass is 10.0. The van der Waals surface area contributed by atoms with Crippen molar-refractivity contribution in [3.63, 3.8) is 0 Å². The minimum atomic E-state index is 0.899. The quantitative estimate of drug-likeness (QED) is 0.757. The van der Waals surface area contributed by atoms with Gasteiger partial charge in [-0.1, -0.05) is 31.4 Å². The van der Waals surface area contributed by atoms with Gasteiger partial charge in [-0.25, -0.2) is 9.97 Å². The highest BCUT2D eigenvalue weighted by atomic mass is 14.8. The summed E-state index contributed by atoms with van der Waals surface area (Å²) < 4.78 is 0. The topological polar surface area (TPSA) is 25.8 Å². The maximum Gasteiger partial charge on any atom is 0.0968 e. The van der Waals surface area contributed by atoms with Crippen molar-refractivity contribution in [1.82, 2.24) is 9.97 Å². The van der Waals surface area contributed by atoms with Gasteiger partial charge in [-0.2, -0.15) is 0 Å². The van der Waals surface area contributed by atoms with Crippen molar-refractivity contribution >= 4 is 23.2 Å². The number of nitrogens with zero attached hydrogens (tertiary/aromatic N) is 2. The highest BCUT2D eigenvalue weighted by molar-refractivity contribution is 5.88. The van der Waals surface area contributed by atoms with Crippen molar-refractivity contribution in [2.75, 3.05) is 0 Å². The standard InChI is InChI=1S/C14H14N2/c1-5-11-7-8-13-14(12(11)6-2)16-10(4)9(3)15-13/h5-8H,1-2H2,3-4H3. The highest BCUT2D eigenvalue weighted by Gasteiger charge is 2.07. The Bertz CT molecular complexity index is 583. The second-order valence-corrected chi connectivity index (χ2v) is 3.74. The van der Waals surface area contributed by atoms with Crippen LogP contribution in [0, 0.1) is 13.8 Å². The first-order chi connectivity index (χ1) is 7.67. The fraction of sp³-hybridized carbons (Fsp3) is 0.143. The van der Waals surface area contributed by atoms with E-state index >= 15 is 0 Å². The highest BCUT2D eigenvalue weighted by Crippen LogP contribution is 2.22. The Morgan fingerprint density at radius 3 is 2.31 bits per heavy atom. The van der Waals surface area contributed by atoms with Crippen LogP contribution >= 0.6 is 0 Å². The first-order valence-electron chi connectivity index (χ1n) is 5.20. The minimum absolute atomic E-state index is 0.899. The number of aryl methyl sites for hydroxylation is 2. The van der Waals surface area contributed by atoms with E-state index in [0.717, 1.165) is 33.5 Å². The first kappa shape index (κ1) is 10.6. The molecule has 2 aromatic rings. The minimum Gasteiger partial charge on any atom is -0.250 e. The number of aromatic nitrogens is 2. The predicted octanol–water partition coefficient (Wildman–Crippen LogP) is 3.53. The van der Waals surface area contributed by atoms with E-state index in [9.17, 15) is 0 Å². The van der Waals surface area contributed by atoms with Crippen LogP contribution in [0.4, 0.5) is 0 Å². The molecule has 1 heterocycles. The second kappa shape index (κ2) is 3.89. The van der Waals surface area contributed by atoms with E-state index in [1.807, 2.05) is 38.1 Å². The zero-order chi connectivity index (χ0) is 11.7. The summed E-state index contributed by atoms with van der Waals surface area (Å²) >= 11 is 0. The summed E-state index contributed by atoms with van der Waals surface area (Å²) in [5, 5.41) is 0. The summed E-state index contributed by atoms with van der Waals surface area (Å²) in [5.41, 5.74) is 5.77. The number of hydrogen-bond donors (Lipinski definition) is 0.